The van der Waals surface area contributed by atoms with Crippen LogP contribution < -0.4 is 5.56 Å². The van der Waals surface area contributed by atoms with E-state index in [0.717, 1.165) is 43.6 Å². The van der Waals surface area contributed by atoms with Crippen molar-refractivity contribution in [3.8, 4) is 5.75 Å². The number of para-hydroxylation sites is 2. The first-order valence-electron chi connectivity index (χ1n) is 12.7. The van der Waals surface area contributed by atoms with E-state index in [9.17, 15) is 14.7 Å². The van der Waals surface area contributed by atoms with E-state index in [1.807, 2.05) is 34.9 Å². The van der Waals surface area contributed by atoms with Gasteiger partial charge in [0.1, 0.15) is 0 Å². The Labute approximate surface area is 228 Å². The number of amides is 1. The fraction of sp³-hybridized carbons (Fsp3) is 0.370. The smallest absolute Gasteiger partial charge is 0.302 e. The van der Waals surface area contributed by atoms with Crippen LogP contribution in [0.3, 0.4) is 0 Å². The molecule has 0 aliphatic carbocycles. The second-order valence-electron chi connectivity index (χ2n) is 9.67. The summed E-state index contributed by atoms with van der Waals surface area (Å²) in [5.74, 6) is -0.806. The molecule has 38 heavy (non-hydrogen) atoms. The predicted octanol–water partition coefficient (Wildman–Crippen LogP) is 3.97. The van der Waals surface area contributed by atoms with Crippen molar-refractivity contribution < 1.29 is 14.6 Å². The summed E-state index contributed by atoms with van der Waals surface area (Å²) in [7, 11) is 0. The number of imidazole rings is 1. The van der Waals surface area contributed by atoms with E-state index in [1.54, 1.807) is 17.0 Å². The molecule has 1 atom stereocenters. The highest BCUT2D eigenvalue weighted by molar-refractivity contribution is 6.42. The number of benzene rings is 2. The number of morpholine rings is 1. The minimum atomic E-state index is -0.662. The molecule has 4 aromatic rings. The van der Waals surface area contributed by atoms with Gasteiger partial charge in [-0.2, -0.15) is 0 Å². The van der Waals surface area contributed by atoms with Gasteiger partial charge in [0, 0.05) is 32.7 Å². The number of hydrogen-bond acceptors (Lipinski definition) is 6. The maximum absolute atomic E-state index is 13.8. The second kappa shape index (κ2) is 10.2. The topological polar surface area (TPSA) is 92.3 Å². The van der Waals surface area contributed by atoms with E-state index in [4.69, 9.17) is 27.9 Å². The van der Waals surface area contributed by atoms with Crippen LogP contribution in [-0.4, -0.2) is 74.2 Å². The van der Waals surface area contributed by atoms with Crippen molar-refractivity contribution in [2.24, 2.45) is 0 Å². The molecule has 0 bridgehead atoms. The Hall–Kier alpha value is -3.11. The lowest BCUT2D eigenvalue weighted by atomic mass is 10.0. The van der Waals surface area contributed by atoms with Crippen LogP contribution in [0.2, 0.25) is 10.0 Å². The minimum absolute atomic E-state index is 0.239. The average molecular weight is 556 g/mol. The van der Waals surface area contributed by atoms with E-state index in [-0.39, 0.29) is 11.7 Å². The zero-order chi connectivity index (χ0) is 26.4. The van der Waals surface area contributed by atoms with Crippen molar-refractivity contribution in [1.29, 1.82) is 0 Å². The first kappa shape index (κ1) is 25.2. The van der Waals surface area contributed by atoms with Gasteiger partial charge >= 0.3 is 5.56 Å². The molecule has 2 aromatic heterocycles. The highest BCUT2D eigenvalue weighted by Crippen LogP contribution is 2.36. The molecule has 0 radical (unpaired) electrons. The molecular formula is C27H27Cl2N5O4. The van der Waals surface area contributed by atoms with Crippen molar-refractivity contribution in [2.75, 3.05) is 39.4 Å². The van der Waals surface area contributed by atoms with Crippen LogP contribution >= 0.6 is 23.2 Å². The summed E-state index contributed by atoms with van der Waals surface area (Å²) < 4.78 is 8.80. The lowest BCUT2D eigenvalue weighted by molar-refractivity contribution is 0.0366. The molecule has 2 aliphatic heterocycles. The van der Waals surface area contributed by atoms with Gasteiger partial charge in [-0.15, -0.1) is 0 Å². The zero-order valence-electron chi connectivity index (χ0n) is 20.6. The Bertz CT molecular complexity index is 1590. The fourth-order valence-corrected chi connectivity index (χ4v) is 5.84. The van der Waals surface area contributed by atoms with Gasteiger partial charge in [-0.05, 0) is 42.7 Å². The van der Waals surface area contributed by atoms with Crippen LogP contribution in [0.15, 0.2) is 47.3 Å². The first-order valence-corrected chi connectivity index (χ1v) is 13.5. The summed E-state index contributed by atoms with van der Waals surface area (Å²) in [5.41, 5.74) is 1.39. The Balaban J connectivity index is 1.42. The summed E-state index contributed by atoms with van der Waals surface area (Å²) in [4.78, 5) is 35.8. The van der Waals surface area contributed by atoms with Crippen molar-refractivity contribution in [1.82, 2.24) is 23.8 Å². The van der Waals surface area contributed by atoms with Crippen LogP contribution in [0.4, 0.5) is 0 Å². The number of carbonyl (C=O) groups is 1. The number of aromatic nitrogens is 3. The average Bonchev–Trinajstić information content (AvgIpc) is 3.54. The maximum atomic E-state index is 13.8. The highest BCUT2D eigenvalue weighted by atomic mass is 35.5. The van der Waals surface area contributed by atoms with Crippen LogP contribution in [0.25, 0.3) is 16.8 Å². The van der Waals surface area contributed by atoms with E-state index in [1.165, 1.54) is 4.40 Å². The first-order chi connectivity index (χ1) is 18.4. The van der Waals surface area contributed by atoms with E-state index < -0.39 is 17.2 Å². The summed E-state index contributed by atoms with van der Waals surface area (Å²) >= 11 is 12.3. The molecule has 9 nitrogen and oxygen atoms in total. The molecule has 0 saturated carbocycles. The quantitative estimate of drug-likeness (QED) is 0.400. The SMILES string of the molecule is O=C(c1nc2n(CCN3CCOCC3)c3ccccc3n2c(=O)c1O)N1CCCC1c1ccc(Cl)c(Cl)c1. The number of rotatable bonds is 5. The fourth-order valence-electron chi connectivity index (χ4n) is 5.54. The molecule has 1 unspecified atom stereocenters. The normalized spacial score (nSPS) is 18.6. The zero-order valence-corrected chi connectivity index (χ0v) is 22.2. The van der Waals surface area contributed by atoms with Crippen LogP contribution in [0.5, 0.6) is 5.75 Å². The summed E-state index contributed by atoms with van der Waals surface area (Å²) in [6.45, 7) is 4.83. The van der Waals surface area contributed by atoms with Gasteiger partial charge in [0.05, 0.1) is 40.3 Å². The lowest BCUT2D eigenvalue weighted by Crippen LogP contribution is -2.38. The number of nitrogens with zero attached hydrogens (tertiary/aromatic N) is 5. The largest absolute Gasteiger partial charge is 0.501 e. The van der Waals surface area contributed by atoms with Crippen molar-refractivity contribution in [2.45, 2.75) is 25.4 Å². The molecule has 11 heteroatoms. The third-order valence-electron chi connectivity index (χ3n) is 7.48. The molecule has 4 heterocycles. The van der Waals surface area contributed by atoms with Crippen LogP contribution in [-0.2, 0) is 11.3 Å². The summed E-state index contributed by atoms with van der Waals surface area (Å²) in [6.07, 6.45) is 1.50. The minimum Gasteiger partial charge on any atom is -0.501 e. The number of likely N-dealkylation sites (tertiary alicyclic amines) is 1. The van der Waals surface area contributed by atoms with Gasteiger partial charge in [0.25, 0.3) is 5.91 Å². The van der Waals surface area contributed by atoms with E-state index >= 15 is 0 Å². The standard InChI is InChI=1S/C27H27Cl2N5O4/c28-18-8-7-17(16-19(18)29)20-6-3-9-32(20)25(36)23-24(35)26(37)34-22-5-2-1-4-21(22)33(27(34)30-23)11-10-31-12-14-38-15-13-31/h1-2,4-5,7-8,16,20,35H,3,6,9-15H2. The van der Waals surface area contributed by atoms with Gasteiger partial charge in [-0.3, -0.25) is 14.5 Å². The Morgan fingerprint density at radius 1 is 1.03 bits per heavy atom. The third-order valence-corrected chi connectivity index (χ3v) is 8.22. The predicted molar refractivity (Wildman–Crippen MR) is 145 cm³/mol. The Kier molecular flexibility index (Phi) is 6.77. The van der Waals surface area contributed by atoms with Gasteiger partial charge in [-0.1, -0.05) is 41.4 Å². The molecular weight excluding hydrogens is 529 g/mol. The van der Waals surface area contributed by atoms with Gasteiger partial charge in [0.2, 0.25) is 11.5 Å². The monoisotopic (exact) mass is 555 g/mol. The van der Waals surface area contributed by atoms with Gasteiger partial charge in [0.15, 0.2) is 5.69 Å². The molecule has 6 rings (SSSR count). The Morgan fingerprint density at radius 2 is 1.79 bits per heavy atom. The van der Waals surface area contributed by atoms with Gasteiger partial charge in [-0.25, -0.2) is 9.38 Å². The molecule has 2 saturated heterocycles. The lowest BCUT2D eigenvalue weighted by Gasteiger charge is -2.26. The molecule has 1 amide bonds. The number of fused-ring (bicyclic) bond motifs is 3. The van der Waals surface area contributed by atoms with Crippen LogP contribution in [0, 0.1) is 0 Å². The van der Waals surface area contributed by atoms with Crippen molar-refractivity contribution >= 4 is 45.9 Å². The molecule has 198 valence electrons. The highest BCUT2D eigenvalue weighted by Gasteiger charge is 2.34. The van der Waals surface area contributed by atoms with E-state index in [2.05, 4.69) is 9.88 Å². The third kappa shape index (κ3) is 4.33. The molecule has 1 N–H and O–H groups in total. The molecule has 0 spiro atoms. The summed E-state index contributed by atoms with van der Waals surface area (Å²) in [6, 6.07) is 12.5. The van der Waals surface area contributed by atoms with Crippen LogP contribution in [0.1, 0.15) is 34.9 Å². The number of carbonyl (C=O) groups excluding carboxylic acids is 1. The van der Waals surface area contributed by atoms with E-state index in [0.29, 0.717) is 47.6 Å². The van der Waals surface area contributed by atoms with Crippen molar-refractivity contribution in [3.63, 3.8) is 0 Å². The number of halogens is 2. The molecule has 2 fully saturated rings. The number of hydrogen-bond donors (Lipinski definition) is 1. The summed E-state index contributed by atoms with van der Waals surface area (Å²) in [5, 5.41) is 11.8. The number of ether oxygens (including phenoxy) is 1. The number of aromatic hydroxyl groups is 1. The Morgan fingerprint density at radius 3 is 2.55 bits per heavy atom. The van der Waals surface area contributed by atoms with Gasteiger partial charge < -0.3 is 19.3 Å². The molecule has 2 aliphatic rings. The maximum Gasteiger partial charge on any atom is 0.302 e. The second-order valence-corrected chi connectivity index (χ2v) is 10.5. The van der Waals surface area contributed by atoms with Crippen molar-refractivity contribution in [3.05, 3.63) is 74.1 Å². The molecule has 2 aromatic carbocycles.